The minimum Gasteiger partial charge on any atom is -0.463 e. The Hall–Kier alpha value is -3.27. The molecule has 0 fully saturated rings. The molecule has 2 heterocycles. The van der Waals surface area contributed by atoms with Gasteiger partial charge < -0.3 is 14.3 Å². The lowest BCUT2D eigenvalue weighted by Gasteiger charge is -2.12. The number of nitrogens with zero attached hydrogens (tertiary/aromatic N) is 1. The number of nitrogens with one attached hydrogen (secondary N) is 1. The largest absolute Gasteiger partial charge is 0.463 e. The smallest absolute Gasteiger partial charge is 0.272 e. The number of furan rings is 1. The third-order valence-electron chi connectivity index (χ3n) is 4.38. The molecule has 4 rings (SSSR count). The van der Waals surface area contributed by atoms with E-state index in [1.54, 1.807) is 12.3 Å². The van der Waals surface area contributed by atoms with Crippen LogP contribution in [0.2, 0.25) is 0 Å². The summed E-state index contributed by atoms with van der Waals surface area (Å²) < 4.78 is 7.51. The summed E-state index contributed by atoms with van der Waals surface area (Å²) in [7, 11) is 0. The number of hydrogen-bond donors (Lipinski definition) is 1. The summed E-state index contributed by atoms with van der Waals surface area (Å²) in [6, 6.07) is 21.3. The topological polar surface area (TPSA) is 47.2 Å². The summed E-state index contributed by atoms with van der Waals surface area (Å²) in [6.07, 6.45) is 1.65. The van der Waals surface area contributed by atoms with Gasteiger partial charge in [0.2, 0.25) is 0 Å². The maximum absolute atomic E-state index is 12.8. The highest BCUT2D eigenvalue weighted by Gasteiger charge is 2.18. The van der Waals surface area contributed by atoms with E-state index in [4.69, 9.17) is 4.42 Å². The van der Waals surface area contributed by atoms with E-state index in [0.29, 0.717) is 17.8 Å². The zero-order valence-electron chi connectivity index (χ0n) is 13.9. The van der Waals surface area contributed by atoms with E-state index in [-0.39, 0.29) is 5.91 Å². The van der Waals surface area contributed by atoms with Crippen LogP contribution in [0, 0.1) is 6.92 Å². The summed E-state index contributed by atoms with van der Waals surface area (Å²) in [5.74, 6) is -0.147. The van der Waals surface area contributed by atoms with Crippen molar-refractivity contribution in [2.75, 3.05) is 5.32 Å². The SMILES string of the molecule is Cc1ccccc1Cn1c(C(=O)Nc2ccccc2)cc2occc21. The van der Waals surface area contributed by atoms with Crippen LogP contribution in [0.25, 0.3) is 11.1 Å². The van der Waals surface area contributed by atoms with Crippen molar-refractivity contribution < 1.29 is 9.21 Å². The lowest BCUT2D eigenvalue weighted by atomic mass is 10.1. The Labute approximate surface area is 145 Å². The van der Waals surface area contributed by atoms with Gasteiger partial charge in [0.25, 0.3) is 5.91 Å². The molecule has 0 spiro atoms. The maximum atomic E-state index is 12.8. The lowest BCUT2D eigenvalue weighted by molar-refractivity contribution is 0.101. The van der Waals surface area contributed by atoms with Crippen LogP contribution in [0.4, 0.5) is 5.69 Å². The number of amides is 1. The molecule has 4 nitrogen and oxygen atoms in total. The first-order valence-electron chi connectivity index (χ1n) is 8.20. The predicted molar refractivity (Wildman–Crippen MR) is 98.9 cm³/mol. The van der Waals surface area contributed by atoms with Crippen molar-refractivity contribution >= 4 is 22.7 Å². The van der Waals surface area contributed by atoms with Crippen molar-refractivity contribution in [3.8, 4) is 0 Å². The number of anilines is 1. The molecule has 25 heavy (non-hydrogen) atoms. The van der Waals surface area contributed by atoms with Gasteiger partial charge in [0, 0.05) is 24.4 Å². The fourth-order valence-corrected chi connectivity index (χ4v) is 3.01. The number of aryl methyl sites for hydroxylation is 1. The molecule has 4 aromatic rings. The molecular weight excluding hydrogens is 312 g/mol. The summed E-state index contributed by atoms with van der Waals surface area (Å²) >= 11 is 0. The van der Waals surface area contributed by atoms with Crippen LogP contribution < -0.4 is 5.32 Å². The predicted octanol–water partition coefficient (Wildman–Crippen LogP) is 4.84. The summed E-state index contributed by atoms with van der Waals surface area (Å²) in [5.41, 5.74) is 5.36. The van der Waals surface area contributed by atoms with Gasteiger partial charge in [0.15, 0.2) is 5.58 Å². The molecule has 0 unspecified atom stereocenters. The summed E-state index contributed by atoms with van der Waals surface area (Å²) in [5, 5.41) is 2.95. The minimum atomic E-state index is -0.147. The van der Waals surface area contributed by atoms with Crippen LogP contribution in [0.15, 0.2) is 77.4 Å². The first-order chi connectivity index (χ1) is 12.2. The highest BCUT2D eigenvalue weighted by molar-refractivity contribution is 6.05. The Morgan fingerprint density at radius 2 is 1.80 bits per heavy atom. The van der Waals surface area contributed by atoms with E-state index in [9.17, 15) is 4.79 Å². The number of rotatable bonds is 4. The number of fused-ring (bicyclic) bond motifs is 1. The molecule has 4 heteroatoms. The fourth-order valence-electron chi connectivity index (χ4n) is 3.01. The van der Waals surface area contributed by atoms with Crippen molar-refractivity contribution in [3.63, 3.8) is 0 Å². The normalized spacial score (nSPS) is 10.9. The van der Waals surface area contributed by atoms with Crippen molar-refractivity contribution in [2.45, 2.75) is 13.5 Å². The second kappa shape index (κ2) is 6.32. The van der Waals surface area contributed by atoms with Gasteiger partial charge in [-0.3, -0.25) is 4.79 Å². The molecule has 124 valence electrons. The first-order valence-corrected chi connectivity index (χ1v) is 8.20. The molecule has 2 aromatic carbocycles. The molecule has 0 aliphatic rings. The molecule has 0 atom stereocenters. The van der Waals surface area contributed by atoms with E-state index < -0.39 is 0 Å². The van der Waals surface area contributed by atoms with Crippen LogP contribution in [0.5, 0.6) is 0 Å². The molecule has 0 bridgehead atoms. The lowest BCUT2D eigenvalue weighted by Crippen LogP contribution is -2.17. The molecule has 0 aliphatic heterocycles. The van der Waals surface area contributed by atoms with Gasteiger partial charge in [0.05, 0.1) is 11.8 Å². The summed E-state index contributed by atoms with van der Waals surface area (Å²) in [6.45, 7) is 2.70. The van der Waals surface area contributed by atoms with Gasteiger partial charge in [-0.15, -0.1) is 0 Å². The van der Waals surface area contributed by atoms with E-state index >= 15 is 0 Å². The van der Waals surface area contributed by atoms with Crippen molar-refractivity contribution in [2.24, 2.45) is 0 Å². The Morgan fingerprint density at radius 1 is 1.04 bits per heavy atom. The molecule has 0 saturated heterocycles. The standard InChI is InChI=1S/C21H18N2O2/c1-15-7-5-6-8-16(15)14-23-18-11-12-25-20(18)13-19(23)21(24)22-17-9-3-2-4-10-17/h2-13H,14H2,1H3,(H,22,24). The van der Waals surface area contributed by atoms with Crippen molar-refractivity contribution in [1.82, 2.24) is 4.57 Å². The molecular formula is C21H18N2O2. The Balaban J connectivity index is 1.73. The van der Waals surface area contributed by atoms with Gasteiger partial charge in [-0.05, 0) is 30.2 Å². The number of para-hydroxylation sites is 1. The quantitative estimate of drug-likeness (QED) is 0.582. The van der Waals surface area contributed by atoms with Gasteiger partial charge in [0.1, 0.15) is 5.69 Å². The fraction of sp³-hybridized carbons (Fsp3) is 0.0952. The van der Waals surface area contributed by atoms with Gasteiger partial charge in [-0.1, -0.05) is 42.5 Å². The van der Waals surface area contributed by atoms with Gasteiger partial charge in [-0.25, -0.2) is 0 Å². The zero-order valence-corrected chi connectivity index (χ0v) is 13.9. The molecule has 2 aromatic heterocycles. The van der Waals surface area contributed by atoms with E-state index in [2.05, 4.69) is 24.4 Å². The van der Waals surface area contributed by atoms with E-state index in [1.807, 2.05) is 53.1 Å². The highest BCUT2D eigenvalue weighted by atomic mass is 16.3. The number of carbonyl (C=O) groups excluding carboxylic acids is 1. The first kappa shape index (κ1) is 15.3. The van der Waals surface area contributed by atoms with Crippen LogP contribution >= 0.6 is 0 Å². The number of carbonyl (C=O) groups is 1. The number of aromatic nitrogens is 1. The Bertz CT molecular complexity index is 1030. The van der Waals surface area contributed by atoms with Crippen molar-refractivity contribution in [1.29, 1.82) is 0 Å². The van der Waals surface area contributed by atoms with Crippen LogP contribution in [-0.4, -0.2) is 10.5 Å². The van der Waals surface area contributed by atoms with Crippen LogP contribution in [0.1, 0.15) is 21.6 Å². The molecule has 0 saturated carbocycles. The highest BCUT2D eigenvalue weighted by Crippen LogP contribution is 2.24. The van der Waals surface area contributed by atoms with Gasteiger partial charge >= 0.3 is 0 Å². The monoisotopic (exact) mass is 330 g/mol. The molecule has 1 N–H and O–H groups in total. The molecule has 0 radical (unpaired) electrons. The summed E-state index contributed by atoms with van der Waals surface area (Å²) in [4.78, 5) is 12.8. The third-order valence-corrected chi connectivity index (χ3v) is 4.38. The van der Waals surface area contributed by atoms with Gasteiger partial charge in [-0.2, -0.15) is 0 Å². The average molecular weight is 330 g/mol. The van der Waals surface area contributed by atoms with Crippen LogP contribution in [0.3, 0.4) is 0 Å². The van der Waals surface area contributed by atoms with Crippen LogP contribution in [-0.2, 0) is 6.54 Å². The Kier molecular flexibility index (Phi) is 3.86. The minimum absolute atomic E-state index is 0.147. The maximum Gasteiger partial charge on any atom is 0.272 e. The third kappa shape index (κ3) is 2.94. The van der Waals surface area contributed by atoms with Crippen molar-refractivity contribution in [3.05, 3.63) is 89.8 Å². The molecule has 0 aliphatic carbocycles. The number of hydrogen-bond acceptors (Lipinski definition) is 2. The second-order valence-corrected chi connectivity index (χ2v) is 6.03. The zero-order chi connectivity index (χ0) is 17.2. The van der Waals surface area contributed by atoms with E-state index in [0.717, 1.165) is 11.2 Å². The second-order valence-electron chi connectivity index (χ2n) is 6.03. The Morgan fingerprint density at radius 3 is 2.60 bits per heavy atom. The van der Waals surface area contributed by atoms with E-state index in [1.165, 1.54) is 11.1 Å². The average Bonchev–Trinajstić information content (AvgIpc) is 3.20. The molecule has 1 amide bonds. The number of benzene rings is 2.